The first kappa shape index (κ1) is 71.7. The molecule has 0 saturated carbocycles. The molecule has 0 fully saturated rings. The maximum Gasteiger partial charge on any atom is 0.0853 e. The van der Waals surface area contributed by atoms with Gasteiger partial charge in [-0.2, -0.15) is 0 Å². The number of hydrogen-bond acceptors (Lipinski definition) is 0. The van der Waals surface area contributed by atoms with Crippen molar-refractivity contribution in [1.29, 1.82) is 0 Å². The van der Waals surface area contributed by atoms with Gasteiger partial charge in [0.15, 0.2) is 0 Å². The van der Waals surface area contributed by atoms with E-state index >= 15 is 0 Å². The molecular weight excluding hydrogens is 553 g/mol. The minimum absolute atomic E-state index is 0.250. The predicted molar refractivity (Wildman–Crippen MR) is 184 cm³/mol. The second-order valence-corrected chi connectivity index (χ2v) is 6.72. The monoisotopic (exact) mass is 616 g/mol. The van der Waals surface area contributed by atoms with E-state index < -0.39 is 0 Å². The van der Waals surface area contributed by atoms with Crippen LogP contribution < -0.4 is 0 Å². The Balaban J connectivity index is -0.0000000282. The minimum Gasteiger partial charge on any atom is -0.216 e. The fourth-order valence-corrected chi connectivity index (χ4v) is 0. The zero-order valence-electron chi connectivity index (χ0n) is 28.8. The van der Waals surface area contributed by atoms with E-state index in [9.17, 15) is 30.7 Å². The smallest absolute Gasteiger partial charge is 0.0853 e. The third-order valence-corrected chi connectivity index (χ3v) is 1.03. The van der Waals surface area contributed by atoms with E-state index in [0.29, 0.717) is 54.7 Å². The van der Waals surface area contributed by atoms with Crippen LogP contribution in [0.2, 0.25) is 0 Å². The van der Waals surface area contributed by atoms with Crippen molar-refractivity contribution < 1.29 is 30.7 Å². The lowest BCUT2D eigenvalue weighted by molar-refractivity contribution is 0.709. The van der Waals surface area contributed by atoms with Gasteiger partial charge in [0.05, 0.1) is 44.3 Å². The van der Waals surface area contributed by atoms with Gasteiger partial charge in [-0.1, -0.05) is 49.1 Å². The number of rotatable bonds is 0. The SMILES string of the molecule is C/C=C/F.C/C=C\F.C/C=C\F.C=CC.C=CC.C=CC.C=CC.C=CF.CC(C)=CF.CC(C)=CF.CC(C)=CF. The van der Waals surface area contributed by atoms with Crippen molar-refractivity contribution in [3.63, 3.8) is 0 Å². The third-order valence-electron chi connectivity index (χ3n) is 1.03. The zero-order chi connectivity index (χ0) is 36.6. The topological polar surface area (TPSA) is 0 Å². The standard InChI is InChI=1S/3C4H7F.3C3H5F.4C3H6.C2H3F/c3*1-4(2)3-5;3*1-2-3-4;4*1-3-2;1-2-3/h3*3H,1-2H3;3*2-3H,1H3;4*3H,1H2,2H3;2H,1H2/b;;;3-2+;2*3-2-;;;;;. The largest absolute Gasteiger partial charge is 0.216 e. The second kappa shape index (κ2) is 131. The van der Waals surface area contributed by atoms with E-state index in [0.717, 1.165) is 0 Å². The Morgan fingerprint density at radius 3 is 0.405 bits per heavy atom. The van der Waals surface area contributed by atoms with Gasteiger partial charge in [-0.05, 0) is 107 Å². The van der Waals surface area contributed by atoms with Crippen LogP contribution in [0.15, 0.2) is 136 Å². The molecule has 0 heterocycles. The molecule has 0 aliphatic heterocycles. The summed E-state index contributed by atoms with van der Waals surface area (Å²) in [6.07, 6.45) is 14.5. The first-order valence-corrected chi connectivity index (χ1v) is 12.5. The Morgan fingerprint density at radius 1 is 0.357 bits per heavy atom. The van der Waals surface area contributed by atoms with Gasteiger partial charge < -0.3 is 0 Å². The molecule has 0 saturated heterocycles. The molecule has 0 aromatic heterocycles. The molecule has 0 rings (SSSR count). The quantitative estimate of drug-likeness (QED) is 0.188. The lowest BCUT2D eigenvalue weighted by atomic mass is 10.4. The molecule has 0 aromatic carbocycles. The zero-order valence-corrected chi connectivity index (χ0v) is 28.8. The van der Waals surface area contributed by atoms with Crippen LogP contribution in [0.1, 0.15) is 90.0 Å². The molecule has 0 aromatic rings. The highest BCUT2D eigenvalue weighted by Gasteiger charge is 1.65. The molecule has 42 heavy (non-hydrogen) atoms. The van der Waals surface area contributed by atoms with E-state index in [1.807, 2.05) is 27.7 Å². The summed E-state index contributed by atoms with van der Waals surface area (Å²) >= 11 is 0. The summed E-state index contributed by atoms with van der Waals surface area (Å²) < 4.78 is 74.5. The Hall–Kier alpha value is -3.35. The molecule has 7 heteroatoms. The summed E-state index contributed by atoms with van der Waals surface area (Å²) in [5.74, 6) is 0. The predicted octanol–water partition coefficient (Wildman–Crippen LogP) is 16.0. The summed E-state index contributed by atoms with van der Waals surface area (Å²) in [5.41, 5.74) is 2.14. The molecule has 0 radical (unpaired) electrons. The van der Waals surface area contributed by atoms with Crippen LogP contribution in [-0.4, -0.2) is 0 Å². The molecule has 0 nitrogen and oxygen atoms in total. The first-order valence-electron chi connectivity index (χ1n) is 12.5. The molecule has 0 N–H and O–H groups in total. The Kier molecular flexibility index (Phi) is 223. The Morgan fingerprint density at radius 2 is 0.405 bits per heavy atom. The normalized spacial score (nSPS) is 6.76. The van der Waals surface area contributed by atoms with E-state index in [4.69, 9.17) is 0 Å². The maximum absolute atomic E-state index is 11.0. The van der Waals surface area contributed by atoms with Gasteiger partial charge in [0.1, 0.15) is 0 Å². The van der Waals surface area contributed by atoms with Gasteiger partial charge >= 0.3 is 0 Å². The highest BCUT2D eigenvalue weighted by molar-refractivity contribution is 4.85. The average Bonchev–Trinajstić information content (AvgIpc) is 2.96. The van der Waals surface area contributed by atoms with E-state index in [2.05, 4.69) is 32.9 Å². The van der Waals surface area contributed by atoms with Crippen molar-refractivity contribution in [2.45, 2.75) is 90.0 Å². The number of halogens is 7. The molecule has 0 atom stereocenters. The van der Waals surface area contributed by atoms with Crippen LogP contribution in [0, 0.1) is 0 Å². The second-order valence-electron chi connectivity index (χ2n) is 6.72. The molecule has 252 valence electrons. The van der Waals surface area contributed by atoms with Gasteiger partial charge in [-0.15, -0.1) is 26.3 Å². The van der Waals surface area contributed by atoms with Crippen LogP contribution in [0.5, 0.6) is 0 Å². The van der Waals surface area contributed by atoms with Gasteiger partial charge in [-0.25, -0.2) is 30.7 Å². The summed E-state index contributed by atoms with van der Waals surface area (Å²) in [6.45, 7) is 38.8. The molecule has 0 aliphatic carbocycles. The van der Waals surface area contributed by atoms with E-state index in [-0.39, 0.29) is 6.33 Å². The fourth-order valence-electron chi connectivity index (χ4n) is 0. The van der Waals surface area contributed by atoms with E-state index in [1.54, 1.807) is 86.6 Å². The molecule has 0 amide bonds. The summed E-state index contributed by atoms with van der Waals surface area (Å²) in [5, 5.41) is 0. The summed E-state index contributed by atoms with van der Waals surface area (Å²) in [7, 11) is 0. The number of hydrogen-bond donors (Lipinski definition) is 0. The van der Waals surface area contributed by atoms with Crippen molar-refractivity contribution in [1.82, 2.24) is 0 Å². The van der Waals surface area contributed by atoms with Crippen molar-refractivity contribution in [3.05, 3.63) is 136 Å². The third kappa shape index (κ3) is 1460. The summed E-state index contributed by atoms with van der Waals surface area (Å²) in [6, 6.07) is 0. The highest BCUT2D eigenvalue weighted by atomic mass is 19.1. The van der Waals surface area contributed by atoms with Crippen molar-refractivity contribution in [3.8, 4) is 0 Å². The minimum atomic E-state index is 0.250. The average molecular weight is 617 g/mol. The van der Waals surface area contributed by atoms with Crippen LogP contribution in [-0.2, 0) is 0 Å². The van der Waals surface area contributed by atoms with Gasteiger partial charge in [-0.3, -0.25) is 0 Å². The molecule has 0 spiro atoms. The molecule has 0 unspecified atom stereocenters. The van der Waals surface area contributed by atoms with Gasteiger partial charge in [0, 0.05) is 0 Å². The van der Waals surface area contributed by atoms with Crippen LogP contribution >= 0.6 is 0 Å². The molecule has 0 bridgehead atoms. The Labute approximate surface area is 257 Å². The molecule has 0 aliphatic rings. The van der Waals surface area contributed by atoms with Crippen LogP contribution in [0.4, 0.5) is 30.7 Å². The first-order chi connectivity index (χ1) is 19.6. The lowest BCUT2D eigenvalue weighted by Crippen LogP contribution is -1.50. The highest BCUT2D eigenvalue weighted by Crippen LogP contribution is 1.85. The van der Waals surface area contributed by atoms with Crippen LogP contribution in [0.3, 0.4) is 0 Å². The summed E-state index contributed by atoms with van der Waals surface area (Å²) in [4.78, 5) is 0. The van der Waals surface area contributed by atoms with Gasteiger partial charge in [0.25, 0.3) is 0 Å². The van der Waals surface area contributed by atoms with Crippen LogP contribution in [0.25, 0.3) is 0 Å². The van der Waals surface area contributed by atoms with Gasteiger partial charge in [0.2, 0.25) is 0 Å². The molecular formula is C35H63F7. The Bertz CT molecular complexity index is 488. The lowest BCUT2D eigenvalue weighted by Gasteiger charge is -1.70. The van der Waals surface area contributed by atoms with E-state index in [1.165, 1.54) is 18.2 Å². The van der Waals surface area contributed by atoms with Crippen molar-refractivity contribution in [2.75, 3.05) is 0 Å². The number of allylic oxidation sites excluding steroid dienone is 10. The maximum atomic E-state index is 11.0. The van der Waals surface area contributed by atoms with Crippen molar-refractivity contribution in [2.24, 2.45) is 0 Å². The fraction of sp³-hybridized carbons (Fsp3) is 0.371. The van der Waals surface area contributed by atoms with Crippen molar-refractivity contribution >= 4 is 0 Å².